The zero-order valence-corrected chi connectivity index (χ0v) is 15.6. The molecule has 0 spiro atoms. The van der Waals surface area contributed by atoms with Crippen LogP contribution in [0.2, 0.25) is 0 Å². The molecule has 1 aromatic heterocycles. The molecule has 138 valence electrons. The lowest BCUT2D eigenvalue weighted by atomic mass is 10.0. The summed E-state index contributed by atoms with van der Waals surface area (Å²) >= 11 is 0. The minimum absolute atomic E-state index is 0.0728. The molecule has 5 heteroatoms. The molecule has 27 heavy (non-hydrogen) atoms. The number of aromatic nitrogens is 2. The lowest BCUT2D eigenvalue weighted by Crippen LogP contribution is -2.47. The fourth-order valence-electron chi connectivity index (χ4n) is 3.60. The van der Waals surface area contributed by atoms with Crippen molar-refractivity contribution >= 4 is 22.8 Å². The number of carbonyl (C=O) groups excluding carboxylic acids is 1. The first-order chi connectivity index (χ1) is 13.2. The molecule has 2 heterocycles. The molecule has 0 radical (unpaired) electrons. The summed E-state index contributed by atoms with van der Waals surface area (Å²) in [5.41, 5.74) is 2.30. The zero-order valence-electron chi connectivity index (χ0n) is 15.6. The molecular formula is C22H24N4O. The first kappa shape index (κ1) is 17.5. The number of nitrogens with zero attached hydrogens (tertiary/aromatic N) is 4. The van der Waals surface area contributed by atoms with Gasteiger partial charge in [-0.15, -0.1) is 0 Å². The largest absolute Gasteiger partial charge is 0.337 e. The summed E-state index contributed by atoms with van der Waals surface area (Å²) in [5.74, 6) is 0.0728. The highest BCUT2D eigenvalue weighted by atomic mass is 16.2. The van der Waals surface area contributed by atoms with Crippen LogP contribution in [0, 0.1) is 0 Å². The van der Waals surface area contributed by atoms with Crippen LogP contribution in [0.1, 0.15) is 11.1 Å². The Labute approximate surface area is 159 Å². The van der Waals surface area contributed by atoms with Gasteiger partial charge in [0.05, 0.1) is 6.20 Å². The summed E-state index contributed by atoms with van der Waals surface area (Å²) in [6.45, 7) is 4.25. The first-order valence-corrected chi connectivity index (χ1v) is 9.34. The highest BCUT2D eigenvalue weighted by Crippen LogP contribution is 2.20. The number of aryl methyl sites for hydroxylation is 1. The summed E-state index contributed by atoms with van der Waals surface area (Å²) in [7, 11) is 1.87. The van der Waals surface area contributed by atoms with Crippen LogP contribution in [0.25, 0.3) is 16.8 Å². The second kappa shape index (κ2) is 7.76. The van der Waals surface area contributed by atoms with Crippen molar-refractivity contribution in [2.24, 2.45) is 7.05 Å². The van der Waals surface area contributed by atoms with E-state index in [0.29, 0.717) is 0 Å². The smallest absolute Gasteiger partial charge is 0.246 e. The third-order valence-electron chi connectivity index (χ3n) is 5.10. The second-order valence-electron chi connectivity index (χ2n) is 7.02. The molecule has 1 aliphatic rings. The van der Waals surface area contributed by atoms with Crippen molar-refractivity contribution in [1.29, 1.82) is 0 Å². The summed E-state index contributed by atoms with van der Waals surface area (Å²) in [5, 5.41) is 6.71. The van der Waals surface area contributed by atoms with E-state index in [1.165, 1.54) is 16.3 Å². The van der Waals surface area contributed by atoms with Gasteiger partial charge in [-0.3, -0.25) is 14.4 Å². The summed E-state index contributed by atoms with van der Waals surface area (Å²) < 4.78 is 1.73. The summed E-state index contributed by atoms with van der Waals surface area (Å²) in [4.78, 5) is 16.8. The fraction of sp³-hybridized carbons (Fsp3) is 0.273. The Morgan fingerprint density at radius 1 is 1.07 bits per heavy atom. The maximum atomic E-state index is 12.4. The molecule has 5 nitrogen and oxygen atoms in total. The maximum absolute atomic E-state index is 12.4. The van der Waals surface area contributed by atoms with Gasteiger partial charge in [0.1, 0.15) is 0 Å². The highest BCUT2D eigenvalue weighted by molar-refractivity contribution is 5.91. The topological polar surface area (TPSA) is 41.4 Å². The number of amides is 1. The van der Waals surface area contributed by atoms with Gasteiger partial charge in [0.2, 0.25) is 5.91 Å². The van der Waals surface area contributed by atoms with Crippen LogP contribution in [0.3, 0.4) is 0 Å². The lowest BCUT2D eigenvalue weighted by molar-refractivity contribution is -0.127. The van der Waals surface area contributed by atoms with E-state index in [9.17, 15) is 4.79 Å². The number of carbonyl (C=O) groups is 1. The predicted molar refractivity (Wildman–Crippen MR) is 108 cm³/mol. The monoisotopic (exact) mass is 360 g/mol. The van der Waals surface area contributed by atoms with Crippen molar-refractivity contribution in [3.63, 3.8) is 0 Å². The van der Waals surface area contributed by atoms with Crippen molar-refractivity contribution in [3.05, 3.63) is 72.1 Å². The molecule has 0 N–H and O–H groups in total. The molecule has 0 saturated carbocycles. The van der Waals surface area contributed by atoms with Crippen molar-refractivity contribution in [1.82, 2.24) is 19.6 Å². The van der Waals surface area contributed by atoms with Crippen molar-refractivity contribution in [2.45, 2.75) is 6.54 Å². The van der Waals surface area contributed by atoms with E-state index in [-0.39, 0.29) is 5.91 Å². The van der Waals surface area contributed by atoms with Gasteiger partial charge in [-0.05, 0) is 22.4 Å². The molecule has 1 saturated heterocycles. The van der Waals surface area contributed by atoms with Gasteiger partial charge in [0.25, 0.3) is 0 Å². The van der Waals surface area contributed by atoms with Crippen molar-refractivity contribution in [3.8, 4) is 0 Å². The highest BCUT2D eigenvalue weighted by Gasteiger charge is 2.20. The van der Waals surface area contributed by atoms with Gasteiger partial charge < -0.3 is 4.90 Å². The molecule has 1 amide bonds. The van der Waals surface area contributed by atoms with Crippen LogP contribution in [-0.4, -0.2) is 51.7 Å². The van der Waals surface area contributed by atoms with E-state index >= 15 is 0 Å². The normalized spacial score (nSPS) is 15.7. The fourth-order valence-corrected chi connectivity index (χ4v) is 3.60. The summed E-state index contributed by atoms with van der Waals surface area (Å²) in [6, 6.07) is 15.0. The van der Waals surface area contributed by atoms with E-state index in [4.69, 9.17) is 0 Å². The molecule has 4 rings (SSSR count). The van der Waals surface area contributed by atoms with Crippen LogP contribution >= 0.6 is 0 Å². The van der Waals surface area contributed by atoms with E-state index in [1.807, 2.05) is 24.2 Å². The van der Waals surface area contributed by atoms with Gasteiger partial charge in [-0.1, -0.05) is 42.5 Å². The van der Waals surface area contributed by atoms with Gasteiger partial charge in [0, 0.05) is 57.6 Å². The average molecular weight is 360 g/mol. The predicted octanol–water partition coefficient (Wildman–Crippen LogP) is 2.93. The zero-order chi connectivity index (χ0) is 18.6. The molecule has 3 aromatic rings. The Kier molecular flexibility index (Phi) is 5.03. The Morgan fingerprint density at radius 3 is 2.63 bits per heavy atom. The van der Waals surface area contributed by atoms with Gasteiger partial charge >= 0.3 is 0 Å². The van der Waals surface area contributed by atoms with E-state index in [2.05, 4.69) is 52.5 Å². The standard InChI is InChI=1S/C22H24N4O/c1-24-16-18(15-23-24)9-10-22(27)26-13-11-25(12-14-26)17-20-7-4-6-19-5-2-3-8-21(19)20/h2-10,15-16H,11-14,17H2,1H3/b10-9+. The molecule has 0 atom stereocenters. The maximum Gasteiger partial charge on any atom is 0.246 e. The quantitative estimate of drug-likeness (QED) is 0.672. The van der Waals surface area contributed by atoms with Crippen LogP contribution in [0.15, 0.2) is 60.9 Å². The van der Waals surface area contributed by atoms with Gasteiger partial charge in [-0.2, -0.15) is 5.10 Å². The molecule has 0 unspecified atom stereocenters. The Bertz CT molecular complexity index is 962. The molecule has 1 fully saturated rings. The number of benzene rings is 2. The number of rotatable bonds is 4. The van der Waals surface area contributed by atoms with E-state index in [0.717, 1.165) is 38.3 Å². The Balaban J connectivity index is 1.34. The van der Waals surface area contributed by atoms with E-state index in [1.54, 1.807) is 17.0 Å². The van der Waals surface area contributed by atoms with Crippen molar-refractivity contribution in [2.75, 3.05) is 26.2 Å². The molecule has 1 aliphatic heterocycles. The van der Waals surface area contributed by atoms with E-state index < -0.39 is 0 Å². The van der Waals surface area contributed by atoms with Crippen LogP contribution in [0.5, 0.6) is 0 Å². The Hall–Kier alpha value is -2.92. The molecule has 0 aliphatic carbocycles. The van der Waals surface area contributed by atoms with Crippen LogP contribution < -0.4 is 0 Å². The van der Waals surface area contributed by atoms with Gasteiger partial charge in [-0.25, -0.2) is 0 Å². The molecule has 2 aromatic carbocycles. The van der Waals surface area contributed by atoms with Crippen LogP contribution in [0.4, 0.5) is 0 Å². The number of fused-ring (bicyclic) bond motifs is 1. The second-order valence-corrected chi connectivity index (χ2v) is 7.02. The number of hydrogen-bond donors (Lipinski definition) is 0. The SMILES string of the molecule is Cn1cc(/C=C/C(=O)N2CCN(Cc3cccc4ccccc34)CC2)cn1. The van der Waals surface area contributed by atoms with Crippen LogP contribution in [-0.2, 0) is 18.4 Å². The van der Waals surface area contributed by atoms with Gasteiger partial charge in [0.15, 0.2) is 0 Å². The summed E-state index contributed by atoms with van der Waals surface area (Å²) in [6.07, 6.45) is 7.13. The first-order valence-electron chi connectivity index (χ1n) is 9.34. The molecule has 0 bridgehead atoms. The third-order valence-corrected chi connectivity index (χ3v) is 5.10. The van der Waals surface area contributed by atoms with Crippen molar-refractivity contribution < 1.29 is 4.79 Å². The third kappa shape index (κ3) is 4.09. The molecular weight excluding hydrogens is 336 g/mol. The number of piperazine rings is 1. The number of hydrogen-bond acceptors (Lipinski definition) is 3. The Morgan fingerprint density at radius 2 is 1.85 bits per heavy atom. The minimum atomic E-state index is 0.0728. The lowest BCUT2D eigenvalue weighted by Gasteiger charge is -2.34. The minimum Gasteiger partial charge on any atom is -0.337 e. The average Bonchev–Trinajstić information content (AvgIpc) is 3.12.